The number of likely N-dealkylation sites (tertiary alicyclic amines) is 1. The Labute approximate surface area is 184 Å². The van der Waals surface area contributed by atoms with E-state index in [0.29, 0.717) is 11.8 Å². The van der Waals surface area contributed by atoms with Crippen molar-refractivity contribution < 1.29 is 4.79 Å². The molecule has 0 spiro atoms. The molecule has 2 aliphatic rings. The van der Waals surface area contributed by atoms with Gasteiger partial charge in [0.05, 0.1) is 11.0 Å². The van der Waals surface area contributed by atoms with Gasteiger partial charge in [-0.25, -0.2) is 4.98 Å². The maximum Gasteiger partial charge on any atom is 0.225 e. The summed E-state index contributed by atoms with van der Waals surface area (Å²) >= 11 is 0. The van der Waals surface area contributed by atoms with Crippen molar-refractivity contribution in [3.8, 4) is 0 Å². The van der Waals surface area contributed by atoms with Gasteiger partial charge in [-0.05, 0) is 68.2 Å². The minimum absolute atomic E-state index is 0.161. The van der Waals surface area contributed by atoms with E-state index in [1.165, 1.54) is 11.1 Å². The fourth-order valence-corrected chi connectivity index (χ4v) is 5.16. The van der Waals surface area contributed by atoms with Crippen LogP contribution in [0.3, 0.4) is 0 Å². The fourth-order valence-electron chi connectivity index (χ4n) is 5.16. The number of aromatic amines is 1. The number of H-pyrrole nitrogens is 1. The molecule has 2 aliphatic heterocycles. The highest BCUT2D eigenvalue weighted by molar-refractivity contribution is 5.80. The first kappa shape index (κ1) is 20.1. The molecular formula is C26H32N4O. The summed E-state index contributed by atoms with van der Waals surface area (Å²) in [7, 11) is 0. The summed E-state index contributed by atoms with van der Waals surface area (Å²) in [5.74, 6) is 2.17. The van der Waals surface area contributed by atoms with E-state index in [9.17, 15) is 4.79 Å². The van der Waals surface area contributed by atoms with Crippen LogP contribution in [-0.2, 0) is 11.2 Å². The first-order chi connectivity index (χ1) is 15.2. The molecule has 0 aliphatic carbocycles. The molecule has 0 bridgehead atoms. The summed E-state index contributed by atoms with van der Waals surface area (Å²) < 4.78 is 0. The summed E-state index contributed by atoms with van der Waals surface area (Å²) in [5.41, 5.74) is 4.75. The number of hydrogen-bond acceptors (Lipinski definition) is 3. The fraction of sp³-hybridized carbons (Fsp3) is 0.462. The number of benzene rings is 2. The number of nitrogens with one attached hydrogen (secondary N) is 1. The molecule has 2 fully saturated rings. The van der Waals surface area contributed by atoms with E-state index in [2.05, 4.69) is 70.2 Å². The Morgan fingerprint density at radius 2 is 1.74 bits per heavy atom. The molecule has 1 amide bonds. The molecular weight excluding hydrogens is 384 g/mol. The predicted octanol–water partition coefficient (Wildman–Crippen LogP) is 4.57. The maximum absolute atomic E-state index is 13.1. The lowest BCUT2D eigenvalue weighted by Gasteiger charge is -2.37. The molecule has 0 radical (unpaired) electrons. The first-order valence-corrected chi connectivity index (χ1v) is 11.7. The summed E-state index contributed by atoms with van der Waals surface area (Å²) in [6.07, 6.45) is 5.21. The first-order valence-electron chi connectivity index (χ1n) is 11.7. The minimum atomic E-state index is 0.161. The molecule has 162 valence electrons. The number of rotatable bonds is 4. The van der Waals surface area contributed by atoms with Crippen molar-refractivity contribution in [2.24, 2.45) is 11.8 Å². The highest BCUT2D eigenvalue weighted by atomic mass is 16.2. The Hall–Kier alpha value is -2.82. The summed E-state index contributed by atoms with van der Waals surface area (Å²) in [4.78, 5) is 25.8. The van der Waals surface area contributed by atoms with Crippen molar-refractivity contribution in [3.63, 3.8) is 0 Å². The molecule has 1 N–H and O–H groups in total. The highest BCUT2D eigenvalue weighted by Gasteiger charge is 2.31. The molecule has 31 heavy (non-hydrogen) atoms. The molecule has 1 aromatic heterocycles. The number of imidazole rings is 1. The number of piperidine rings is 2. The van der Waals surface area contributed by atoms with Crippen LogP contribution in [0.15, 0.2) is 48.5 Å². The highest BCUT2D eigenvalue weighted by Crippen LogP contribution is 2.28. The lowest BCUT2D eigenvalue weighted by atomic mass is 9.88. The molecule has 0 atom stereocenters. The molecule has 5 rings (SSSR count). The third-order valence-electron chi connectivity index (χ3n) is 7.06. The quantitative estimate of drug-likeness (QED) is 0.678. The van der Waals surface area contributed by atoms with Crippen LogP contribution >= 0.6 is 0 Å². The van der Waals surface area contributed by atoms with Gasteiger partial charge in [0.25, 0.3) is 0 Å². The maximum atomic E-state index is 13.1. The van der Waals surface area contributed by atoms with Gasteiger partial charge in [0.1, 0.15) is 0 Å². The van der Waals surface area contributed by atoms with Crippen molar-refractivity contribution >= 4 is 22.9 Å². The van der Waals surface area contributed by atoms with Gasteiger partial charge in [0.15, 0.2) is 0 Å². The van der Waals surface area contributed by atoms with E-state index in [4.69, 9.17) is 4.98 Å². The Morgan fingerprint density at radius 1 is 1.00 bits per heavy atom. The van der Waals surface area contributed by atoms with Gasteiger partial charge in [-0.3, -0.25) is 4.79 Å². The molecule has 5 nitrogen and oxygen atoms in total. The lowest BCUT2D eigenvalue weighted by Crippen LogP contribution is -2.45. The topological polar surface area (TPSA) is 52.2 Å². The molecule has 3 heterocycles. The number of carbonyl (C=O) groups is 1. The Morgan fingerprint density at radius 3 is 2.48 bits per heavy atom. The van der Waals surface area contributed by atoms with E-state index in [1.54, 1.807) is 0 Å². The van der Waals surface area contributed by atoms with Gasteiger partial charge in [-0.15, -0.1) is 0 Å². The van der Waals surface area contributed by atoms with Crippen LogP contribution in [0.1, 0.15) is 36.8 Å². The van der Waals surface area contributed by atoms with E-state index in [-0.39, 0.29) is 5.92 Å². The average Bonchev–Trinajstić information content (AvgIpc) is 3.23. The standard InChI is InChI=1S/C26H32N4O/c1-19-7-8-23-24(17-19)28-26(27-23)30-15-11-22(12-16-30)25(31)29-13-9-21(10-14-29)18-20-5-3-2-4-6-20/h2-8,17,21-22H,9-16,18H2,1H3,(H,27,28). The van der Waals surface area contributed by atoms with Crippen LogP contribution < -0.4 is 4.90 Å². The molecule has 0 saturated carbocycles. The largest absolute Gasteiger partial charge is 0.342 e. The third-order valence-corrected chi connectivity index (χ3v) is 7.06. The monoisotopic (exact) mass is 416 g/mol. The molecule has 5 heteroatoms. The van der Waals surface area contributed by atoms with Crippen molar-refractivity contribution in [2.75, 3.05) is 31.1 Å². The van der Waals surface area contributed by atoms with Crippen LogP contribution in [0.4, 0.5) is 5.95 Å². The summed E-state index contributed by atoms with van der Waals surface area (Å²) in [5, 5.41) is 0. The zero-order valence-corrected chi connectivity index (χ0v) is 18.4. The minimum Gasteiger partial charge on any atom is -0.342 e. The zero-order chi connectivity index (χ0) is 21.2. The second-order valence-electron chi connectivity index (χ2n) is 9.30. The SMILES string of the molecule is Cc1ccc2nc(N3CCC(C(=O)N4CCC(Cc5ccccc5)CC4)CC3)[nH]c2c1. The van der Waals surface area contributed by atoms with Gasteiger partial charge >= 0.3 is 0 Å². The van der Waals surface area contributed by atoms with E-state index < -0.39 is 0 Å². The van der Waals surface area contributed by atoms with Gasteiger partial charge in [0.2, 0.25) is 11.9 Å². The van der Waals surface area contributed by atoms with Crippen molar-refractivity contribution in [1.29, 1.82) is 0 Å². The smallest absolute Gasteiger partial charge is 0.225 e. The lowest BCUT2D eigenvalue weighted by molar-refractivity contribution is -0.137. The molecule has 2 aromatic carbocycles. The predicted molar refractivity (Wildman–Crippen MR) is 125 cm³/mol. The number of aryl methyl sites for hydroxylation is 1. The van der Waals surface area contributed by atoms with Gasteiger partial charge in [-0.1, -0.05) is 36.4 Å². The number of nitrogens with zero attached hydrogens (tertiary/aromatic N) is 3. The van der Waals surface area contributed by atoms with Crippen molar-refractivity contribution in [2.45, 2.75) is 39.0 Å². The Bertz CT molecular complexity index is 1030. The van der Waals surface area contributed by atoms with E-state index in [0.717, 1.165) is 75.3 Å². The third kappa shape index (κ3) is 4.46. The second-order valence-corrected chi connectivity index (χ2v) is 9.30. The van der Waals surface area contributed by atoms with Gasteiger partial charge in [-0.2, -0.15) is 0 Å². The van der Waals surface area contributed by atoms with E-state index in [1.807, 2.05) is 0 Å². The average molecular weight is 417 g/mol. The summed E-state index contributed by atoms with van der Waals surface area (Å²) in [6.45, 7) is 5.71. The number of fused-ring (bicyclic) bond motifs is 1. The number of aromatic nitrogens is 2. The van der Waals surface area contributed by atoms with Crippen LogP contribution in [0, 0.1) is 18.8 Å². The number of amides is 1. The van der Waals surface area contributed by atoms with Crippen LogP contribution in [-0.4, -0.2) is 47.0 Å². The van der Waals surface area contributed by atoms with E-state index >= 15 is 0 Å². The van der Waals surface area contributed by atoms with Gasteiger partial charge in [0, 0.05) is 32.1 Å². The normalized spacial score (nSPS) is 18.6. The molecule has 3 aromatic rings. The molecule has 0 unspecified atom stereocenters. The van der Waals surface area contributed by atoms with Crippen LogP contribution in [0.5, 0.6) is 0 Å². The van der Waals surface area contributed by atoms with Crippen LogP contribution in [0.25, 0.3) is 11.0 Å². The van der Waals surface area contributed by atoms with Crippen molar-refractivity contribution in [1.82, 2.24) is 14.9 Å². The number of anilines is 1. The zero-order valence-electron chi connectivity index (χ0n) is 18.4. The van der Waals surface area contributed by atoms with Crippen molar-refractivity contribution in [3.05, 3.63) is 59.7 Å². The Kier molecular flexibility index (Phi) is 5.66. The summed E-state index contributed by atoms with van der Waals surface area (Å²) in [6, 6.07) is 17.1. The second kappa shape index (κ2) is 8.74. The van der Waals surface area contributed by atoms with Gasteiger partial charge < -0.3 is 14.8 Å². The number of hydrogen-bond donors (Lipinski definition) is 1. The molecule has 2 saturated heterocycles. The number of carbonyl (C=O) groups excluding carboxylic acids is 1. The van der Waals surface area contributed by atoms with Crippen LogP contribution in [0.2, 0.25) is 0 Å². The Balaban J connectivity index is 1.12.